The summed E-state index contributed by atoms with van der Waals surface area (Å²) in [6, 6.07) is 6.17. The van der Waals surface area contributed by atoms with Crippen LogP contribution >= 0.6 is 11.8 Å². The summed E-state index contributed by atoms with van der Waals surface area (Å²) in [5, 5.41) is 17.3. The van der Waals surface area contributed by atoms with E-state index < -0.39 is 17.1 Å². The highest BCUT2D eigenvalue weighted by molar-refractivity contribution is 8.18. The van der Waals surface area contributed by atoms with Gasteiger partial charge in [0, 0.05) is 6.54 Å². The minimum absolute atomic E-state index is 0.108. The number of carbonyl (C=O) groups is 3. The first-order valence-corrected chi connectivity index (χ1v) is 6.55. The SMILES string of the molecule is O=C(O)CCN1C(=O)SC(=Cc2ccc(O)cc2)C1=O. The van der Waals surface area contributed by atoms with Gasteiger partial charge in [0.05, 0.1) is 11.3 Å². The molecule has 1 heterocycles. The number of phenols is 1. The van der Waals surface area contributed by atoms with Crippen molar-refractivity contribution in [3.63, 3.8) is 0 Å². The van der Waals surface area contributed by atoms with Gasteiger partial charge in [0.2, 0.25) is 0 Å². The summed E-state index contributed by atoms with van der Waals surface area (Å²) in [5.41, 5.74) is 0.673. The highest BCUT2D eigenvalue weighted by Gasteiger charge is 2.34. The van der Waals surface area contributed by atoms with Crippen LogP contribution in [0.1, 0.15) is 12.0 Å². The van der Waals surface area contributed by atoms with E-state index in [4.69, 9.17) is 10.2 Å². The average molecular weight is 293 g/mol. The van der Waals surface area contributed by atoms with E-state index in [1.54, 1.807) is 12.1 Å². The van der Waals surface area contributed by atoms with Crippen molar-refractivity contribution in [3.05, 3.63) is 34.7 Å². The maximum absolute atomic E-state index is 12.0. The summed E-state index contributed by atoms with van der Waals surface area (Å²) in [6.07, 6.45) is 1.26. The Bertz CT molecular complexity index is 593. The van der Waals surface area contributed by atoms with Gasteiger partial charge in [0.25, 0.3) is 11.1 Å². The van der Waals surface area contributed by atoms with Gasteiger partial charge >= 0.3 is 5.97 Å². The van der Waals surface area contributed by atoms with E-state index in [0.29, 0.717) is 5.56 Å². The van der Waals surface area contributed by atoms with Crippen LogP contribution < -0.4 is 0 Å². The van der Waals surface area contributed by atoms with Crippen molar-refractivity contribution < 1.29 is 24.6 Å². The minimum Gasteiger partial charge on any atom is -0.508 e. The maximum atomic E-state index is 12.0. The Morgan fingerprint density at radius 3 is 2.50 bits per heavy atom. The summed E-state index contributed by atoms with van der Waals surface area (Å²) >= 11 is 0.776. The highest BCUT2D eigenvalue weighted by atomic mass is 32.2. The van der Waals surface area contributed by atoms with Gasteiger partial charge in [-0.3, -0.25) is 19.3 Å². The molecule has 6 nitrogen and oxygen atoms in total. The van der Waals surface area contributed by atoms with E-state index >= 15 is 0 Å². The molecule has 2 amide bonds. The van der Waals surface area contributed by atoms with E-state index in [1.807, 2.05) is 0 Å². The summed E-state index contributed by atoms with van der Waals surface area (Å²) in [4.78, 5) is 35.3. The number of rotatable bonds is 4. The fourth-order valence-electron chi connectivity index (χ4n) is 1.62. The Balaban J connectivity index is 2.14. The molecule has 0 radical (unpaired) electrons. The molecule has 0 unspecified atom stereocenters. The lowest BCUT2D eigenvalue weighted by Crippen LogP contribution is -2.30. The van der Waals surface area contributed by atoms with E-state index in [0.717, 1.165) is 16.7 Å². The number of hydrogen-bond donors (Lipinski definition) is 2. The third-order valence-corrected chi connectivity index (χ3v) is 3.52. The van der Waals surface area contributed by atoms with Gasteiger partial charge in [-0.15, -0.1) is 0 Å². The van der Waals surface area contributed by atoms with Crippen molar-refractivity contribution >= 4 is 35.0 Å². The quantitative estimate of drug-likeness (QED) is 0.823. The van der Waals surface area contributed by atoms with Crippen molar-refractivity contribution in [2.24, 2.45) is 0 Å². The second kappa shape index (κ2) is 5.79. The normalized spacial score (nSPS) is 17.0. The lowest BCUT2D eigenvalue weighted by atomic mass is 10.2. The van der Waals surface area contributed by atoms with Crippen molar-refractivity contribution in [1.82, 2.24) is 4.90 Å². The first-order valence-electron chi connectivity index (χ1n) is 5.73. The molecule has 1 fully saturated rings. The molecule has 0 atom stereocenters. The van der Waals surface area contributed by atoms with Crippen LogP contribution in [0.4, 0.5) is 4.79 Å². The van der Waals surface area contributed by atoms with Crippen LogP contribution in [0.25, 0.3) is 6.08 Å². The molecule has 0 saturated carbocycles. The summed E-state index contributed by atoms with van der Waals surface area (Å²) in [7, 11) is 0. The number of nitrogens with zero attached hydrogens (tertiary/aromatic N) is 1. The monoisotopic (exact) mass is 293 g/mol. The standard InChI is InChI=1S/C13H11NO5S/c15-9-3-1-8(2-4-9)7-10-12(18)14(13(19)20-10)6-5-11(16)17/h1-4,7,15H,5-6H2,(H,16,17). The van der Waals surface area contributed by atoms with Crippen LogP contribution in [0.5, 0.6) is 5.75 Å². The minimum atomic E-state index is -1.06. The van der Waals surface area contributed by atoms with Crippen LogP contribution in [0.3, 0.4) is 0 Å². The summed E-state index contributed by atoms with van der Waals surface area (Å²) in [5.74, 6) is -1.45. The molecule has 0 bridgehead atoms. The largest absolute Gasteiger partial charge is 0.508 e. The first kappa shape index (κ1) is 14.1. The fraction of sp³-hybridized carbons (Fsp3) is 0.154. The molecular weight excluding hydrogens is 282 g/mol. The third-order valence-electron chi connectivity index (χ3n) is 2.61. The topological polar surface area (TPSA) is 94.9 Å². The zero-order valence-electron chi connectivity index (χ0n) is 10.3. The Kier molecular flexibility index (Phi) is 4.09. The summed E-state index contributed by atoms with van der Waals surface area (Å²) in [6.45, 7) is -0.132. The number of hydrogen-bond acceptors (Lipinski definition) is 5. The lowest BCUT2D eigenvalue weighted by molar-refractivity contribution is -0.137. The summed E-state index contributed by atoms with van der Waals surface area (Å²) < 4.78 is 0. The Morgan fingerprint density at radius 1 is 1.25 bits per heavy atom. The molecule has 1 aliphatic heterocycles. The van der Waals surface area contributed by atoms with Crippen LogP contribution in [-0.2, 0) is 9.59 Å². The second-order valence-electron chi connectivity index (χ2n) is 4.07. The molecule has 7 heteroatoms. The van der Waals surface area contributed by atoms with Gasteiger partial charge in [0.1, 0.15) is 5.75 Å². The molecule has 20 heavy (non-hydrogen) atoms. The Labute approximate surface area is 118 Å². The van der Waals surface area contributed by atoms with Crippen molar-refractivity contribution in [2.45, 2.75) is 6.42 Å². The number of carbonyl (C=O) groups excluding carboxylic acids is 2. The average Bonchev–Trinajstić information content (AvgIpc) is 2.65. The van der Waals surface area contributed by atoms with Gasteiger partial charge in [-0.1, -0.05) is 12.1 Å². The number of aromatic hydroxyl groups is 1. The van der Waals surface area contributed by atoms with E-state index in [-0.39, 0.29) is 23.6 Å². The number of imide groups is 1. The molecule has 0 aromatic heterocycles. The van der Waals surface area contributed by atoms with Crippen LogP contribution in [0.2, 0.25) is 0 Å². The molecule has 1 saturated heterocycles. The number of phenolic OH excluding ortho intramolecular Hbond substituents is 1. The van der Waals surface area contributed by atoms with Crippen LogP contribution in [0, 0.1) is 0 Å². The van der Waals surface area contributed by atoms with Gasteiger partial charge in [-0.2, -0.15) is 0 Å². The molecule has 0 spiro atoms. The van der Waals surface area contributed by atoms with E-state index in [9.17, 15) is 14.4 Å². The smallest absolute Gasteiger partial charge is 0.305 e. The Hall–Kier alpha value is -2.28. The Morgan fingerprint density at radius 2 is 1.90 bits per heavy atom. The predicted octanol–water partition coefficient (Wildman–Crippen LogP) is 1.90. The highest BCUT2D eigenvalue weighted by Crippen LogP contribution is 2.32. The van der Waals surface area contributed by atoms with Crippen LogP contribution in [0.15, 0.2) is 29.2 Å². The molecule has 2 N–H and O–H groups in total. The second-order valence-corrected chi connectivity index (χ2v) is 5.06. The number of benzene rings is 1. The first-order chi connectivity index (χ1) is 9.47. The maximum Gasteiger partial charge on any atom is 0.305 e. The number of thioether (sulfide) groups is 1. The van der Waals surface area contributed by atoms with Crippen molar-refractivity contribution in [3.8, 4) is 5.75 Å². The number of amides is 2. The lowest BCUT2D eigenvalue weighted by Gasteiger charge is -2.09. The van der Waals surface area contributed by atoms with Gasteiger partial charge in [-0.05, 0) is 35.5 Å². The molecular formula is C13H11NO5S. The van der Waals surface area contributed by atoms with Crippen molar-refractivity contribution in [2.75, 3.05) is 6.54 Å². The zero-order valence-corrected chi connectivity index (χ0v) is 11.1. The van der Waals surface area contributed by atoms with E-state index in [2.05, 4.69) is 0 Å². The van der Waals surface area contributed by atoms with E-state index in [1.165, 1.54) is 18.2 Å². The molecule has 1 aliphatic rings. The third kappa shape index (κ3) is 3.18. The van der Waals surface area contributed by atoms with Gasteiger partial charge in [-0.25, -0.2) is 0 Å². The number of aliphatic carboxylic acids is 1. The molecule has 1 aromatic carbocycles. The molecule has 2 rings (SSSR count). The predicted molar refractivity (Wildman–Crippen MR) is 73.0 cm³/mol. The van der Waals surface area contributed by atoms with Crippen LogP contribution in [-0.4, -0.2) is 38.8 Å². The van der Waals surface area contributed by atoms with Crippen molar-refractivity contribution in [1.29, 1.82) is 0 Å². The molecule has 104 valence electrons. The van der Waals surface area contributed by atoms with Gasteiger partial charge < -0.3 is 10.2 Å². The zero-order chi connectivity index (χ0) is 14.7. The number of carboxylic acids is 1. The molecule has 1 aromatic rings. The fourth-order valence-corrected chi connectivity index (χ4v) is 2.49. The number of carboxylic acid groups (broad SMARTS) is 1. The van der Waals surface area contributed by atoms with Gasteiger partial charge in [0.15, 0.2) is 0 Å². The molecule has 0 aliphatic carbocycles.